The van der Waals surface area contributed by atoms with Crippen LogP contribution >= 0.6 is 0 Å². The zero-order valence-corrected chi connectivity index (χ0v) is 12.4. The third-order valence-electron chi connectivity index (χ3n) is 3.71. The standard InChI is InChI=1S/C18H15FN2O/c1-11-10-21-17(14-6-4-3-5-13(11)14)15-9-12(18(22)20-2)7-8-16(15)19/h3-10H,1-2H3,(H,20,22). The number of hydrogen-bond acceptors (Lipinski definition) is 2. The van der Waals surface area contributed by atoms with Crippen LogP contribution in [0, 0.1) is 12.7 Å². The van der Waals surface area contributed by atoms with Crippen LogP contribution in [-0.4, -0.2) is 17.9 Å². The molecule has 4 heteroatoms. The summed E-state index contributed by atoms with van der Waals surface area (Å²) in [6.07, 6.45) is 1.73. The van der Waals surface area contributed by atoms with Crippen LogP contribution in [0.4, 0.5) is 4.39 Å². The van der Waals surface area contributed by atoms with Gasteiger partial charge in [0.05, 0.1) is 5.69 Å². The molecule has 0 aliphatic rings. The lowest BCUT2D eigenvalue weighted by Gasteiger charge is -2.10. The number of aromatic nitrogens is 1. The maximum Gasteiger partial charge on any atom is 0.251 e. The van der Waals surface area contributed by atoms with Crippen molar-refractivity contribution in [2.45, 2.75) is 6.92 Å². The molecule has 110 valence electrons. The topological polar surface area (TPSA) is 42.0 Å². The van der Waals surface area contributed by atoms with Crippen molar-refractivity contribution in [2.75, 3.05) is 7.05 Å². The van der Waals surface area contributed by atoms with Gasteiger partial charge in [0.2, 0.25) is 0 Å². The monoisotopic (exact) mass is 294 g/mol. The normalized spacial score (nSPS) is 10.7. The zero-order valence-electron chi connectivity index (χ0n) is 12.4. The lowest BCUT2D eigenvalue weighted by Crippen LogP contribution is -2.17. The van der Waals surface area contributed by atoms with Gasteiger partial charge in [-0.1, -0.05) is 24.3 Å². The van der Waals surface area contributed by atoms with Crippen LogP contribution in [-0.2, 0) is 0 Å². The first-order valence-corrected chi connectivity index (χ1v) is 6.98. The fourth-order valence-corrected chi connectivity index (χ4v) is 2.54. The zero-order chi connectivity index (χ0) is 15.7. The van der Waals surface area contributed by atoms with E-state index in [1.165, 1.54) is 18.2 Å². The number of rotatable bonds is 2. The lowest BCUT2D eigenvalue weighted by molar-refractivity contribution is 0.0963. The van der Waals surface area contributed by atoms with Gasteiger partial charge < -0.3 is 5.32 Å². The molecule has 0 spiro atoms. The third kappa shape index (κ3) is 2.33. The molecule has 22 heavy (non-hydrogen) atoms. The smallest absolute Gasteiger partial charge is 0.251 e. The van der Waals surface area contributed by atoms with Crippen molar-refractivity contribution in [3.8, 4) is 11.3 Å². The summed E-state index contributed by atoms with van der Waals surface area (Å²) < 4.78 is 14.3. The van der Waals surface area contributed by atoms with E-state index in [1.807, 2.05) is 31.2 Å². The first-order valence-electron chi connectivity index (χ1n) is 6.98. The number of hydrogen-bond donors (Lipinski definition) is 1. The third-order valence-corrected chi connectivity index (χ3v) is 3.71. The number of fused-ring (bicyclic) bond motifs is 1. The van der Waals surface area contributed by atoms with Gasteiger partial charge in [-0.25, -0.2) is 4.39 Å². The van der Waals surface area contributed by atoms with E-state index < -0.39 is 5.82 Å². The van der Waals surface area contributed by atoms with E-state index in [2.05, 4.69) is 10.3 Å². The molecule has 1 amide bonds. The van der Waals surface area contributed by atoms with Gasteiger partial charge in [-0.05, 0) is 36.1 Å². The van der Waals surface area contributed by atoms with Gasteiger partial charge in [0, 0.05) is 29.8 Å². The number of carbonyl (C=O) groups is 1. The van der Waals surface area contributed by atoms with Crippen molar-refractivity contribution in [1.82, 2.24) is 10.3 Å². The van der Waals surface area contributed by atoms with E-state index in [-0.39, 0.29) is 5.91 Å². The highest BCUT2D eigenvalue weighted by atomic mass is 19.1. The quantitative estimate of drug-likeness (QED) is 0.783. The Morgan fingerprint density at radius 2 is 1.86 bits per heavy atom. The number of nitrogens with one attached hydrogen (secondary N) is 1. The largest absolute Gasteiger partial charge is 0.355 e. The lowest BCUT2D eigenvalue weighted by atomic mass is 9.99. The fraction of sp³-hybridized carbons (Fsp3) is 0.111. The minimum absolute atomic E-state index is 0.252. The predicted octanol–water partition coefficient (Wildman–Crippen LogP) is 3.71. The van der Waals surface area contributed by atoms with E-state index in [4.69, 9.17) is 0 Å². The molecule has 3 aromatic rings. The van der Waals surface area contributed by atoms with Gasteiger partial charge in [-0.2, -0.15) is 0 Å². The van der Waals surface area contributed by atoms with Crippen LogP contribution in [0.5, 0.6) is 0 Å². The molecule has 0 radical (unpaired) electrons. The second-order valence-corrected chi connectivity index (χ2v) is 5.11. The van der Waals surface area contributed by atoms with Gasteiger partial charge in [-0.15, -0.1) is 0 Å². The molecule has 0 aliphatic heterocycles. The first kappa shape index (κ1) is 14.2. The van der Waals surface area contributed by atoms with Crippen LogP contribution < -0.4 is 5.32 Å². The molecule has 0 fully saturated rings. The van der Waals surface area contributed by atoms with Crippen LogP contribution in [0.1, 0.15) is 15.9 Å². The Balaban J connectivity index is 2.28. The Hall–Kier alpha value is -2.75. The Morgan fingerprint density at radius 3 is 2.59 bits per heavy atom. The van der Waals surface area contributed by atoms with Crippen LogP contribution in [0.15, 0.2) is 48.7 Å². The van der Waals surface area contributed by atoms with Crippen molar-refractivity contribution in [2.24, 2.45) is 0 Å². The molecule has 0 unspecified atom stereocenters. The van der Waals surface area contributed by atoms with E-state index in [9.17, 15) is 9.18 Å². The van der Waals surface area contributed by atoms with Gasteiger partial charge in [-0.3, -0.25) is 9.78 Å². The number of carbonyl (C=O) groups excluding carboxylic acids is 1. The number of halogens is 1. The van der Waals surface area contributed by atoms with E-state index >= 15 is 0 Å². The molecular weight excluding hydrogens is 279 g/mol. The summed E-state index contributed by atoms with van der Waals surface area (Å²) in [6, 6.07) is 12.0. The Kier molecular flexibility index (Phi) is 3.59. The molecule has 2 aromatic carbocycles. The van der Waals surface area contributed by atoms with Gasteiger partial charge >= 0.3 is 0 Å². The number of nitrogens with zero attached hydrogens (tertiary/aromatic N) is 1. The van der Waals surface area contributed by atoms with Crippen LogP contribution in [0.25, 0.3) is 22.0 Å². The van der Waals surface area contributed by atoms with Crippen LogP contribution in [0.3, 0.4) is 0 Å². The Morgan fingerprint density at radius 1 is 1.14 bits per heavy atom. The van der Waals surface area contributed by atoms with Crippen molar-refractivity contribution in [3.63, 3.8) is 0 Å². The molecule has 0 saturated carbocycles. The Bertz CT molecular complexity index is 874. The molecule has 0 saturated heterocycles. The van der Waals surface area contributed by atoms with Gasteiger partial charge in [0.25, 0.3) is 5.91 Å². The average Bonchev–Trinajstić information content (AvgIpc) is 2.56. The summed E-state index contributed by atoms with van der Waals surface area (Å²) in [7, 11) is 1.55. The highest BCUT2D eigenvalue weighted by Gasteiger charge is 2.14. The van der Waals surface area contributed by atoms with Crippen molar-refractivity contribution in [3.05, 3.63) is 65.6 Å². The SMILES string of the molecule is CNC(=O)c1ccc(F)c(-c2ncc(C)c3ccccc23)c1. The number of amides is 1. The predicted molar refractivity (Wildman–Crippen MR) is 85.3 cm³/mol. The van der Waals surface area contributed by atoms with E-state index in [1.54, 1.807) is 13.2 Å². The van der Waals surface area contributed by atoms with Crippen molar-refractivity contribution in [1.29, 1.82) is 0 Å². The minimum Gasteiger partial charge on any atom is -0.355 e. The van der Waals surface area contributed by atoms with Gasteiger partial charge in [0.15, 0.2) is 0 Å². The molecule has 1 aromatic heterocycles. The fourth-order valence-electron chi connectivity index (χ4n) is 2.54. The second-order valence-electron chi connectivity index (χ2n) is 5.11. The maximum atomic E-state index is 14.3. The van der Waals surface area contributed by atoms with E-state index in [0.717, 1.165) is 16.3 Å². The highest BCUT2D eigenvalue weighted by Crippen LogP contribution is 2.30. The average molecular weight is 294 g/mol. The number of benzene rings is 2. The molecule has 3 nitrogen and oxygen atoms in total. The minimum atomic E-state index is -0.394. The molecule has 0 atom stereocenters. The number of aryl methyl sites for hydroxylation is 1. The molecule has 0 aliphatic carbocycles. The van der Waals surface area contributed by atoms with Crippen molar-refractivity contribution < 1.29 is 9.18 Å². The van der Waals surface area contributed by atoms with Gasteiger partial charge in [0.1, 0.15) is 5.82 Å². The summed E-state index contributed by atoms with van der Waals surface area (Å²) in [5.41, 5.74) is 2.31. The molecular formula is C18H15FN2O. The van der Waals surface area contributed by atoms with E-state index in [0.29, 0.717) is 16.8 Å². The summed E-state index contributed by atoms with van der Waals surface area (Å²) >= 11 is 0. The highest BCUT2D eigenvalue weighted by molar-refractivity contribution is 5.99. The molecule has 1 N–H and O–H groups in total. The summed E-state index contributed by atoms with van der Waals surface area (Å²) in [6.45, 7) is 1.97. The van der Waals surface area contributed by atoms with Crippen LogP contribution in [0.2, 0.25) is 0 Å². The molecule has 1 heterocycles. The summed E-state index contributed by atoms with van der Waals surface area (Å²) in [4.78, 5) is 16.2. The number of pyridine rings is 1. The summed E-state index contributed by atoms with van der Waals surface area (Å²) in [5, 5.41) is 4.44. The van der Waals surface area contributed by atoms with Crippen molar-refractivity contribution >= 4 is 16.7 Å². The maximum absolute atomic E-state index is 14.3. The summed E-state index contributed by atoms with van der Waals surface area (Å²) in [5.74, 6) is -0.646. The second kappa shape index (κ2) is 5.56. The molecule has 3 rings (SSSR count). The first-order chi connectivity index (χ1) is 10.6. The Labute approximate surface area is 127 Å². The molecule has 0 bridgehead atoms.